The highest BCUT2D eigenvalue weighted by molar-refractivity contribution is 5.86. The van der Waals surface area contributed by atoms with Gasteiger partial charge in [0.1, 0.15) is 6.10 Å². The van der Waals surface area contributed by atoms with E-state index in [1.165, 1.54) is 12.7 Å². The van der Waals surface area contributed by atoms with E-state index in [9.17, 15) is 19.8 Å². The molecule has 4 heterocycles. The predicted molar refractivity (Wildman–Crippen MR) is 137 cm³/mol. The number of nitrogens with zero attached hydrogens (tertiary/aromatic N) is 1. The Morgan fingerprint density at radius 3 is 2.56 bits per heavy atom. The molecule has 4 aliphatic heterocycles. The first-order chi connectivity index (χ1) is 18.5. The maximum absolute atomic E-state index is 13.8. The van der Waals surface area contributed by atoms with Crippen LogP contribution in [0.2, 0.25) is 0 Å². The standard InChI is InChI=1S/C29H39NO9/c1-27(2,33)7-5-8-29(34,14-23(31)36-4)26(32)39-25-22(35-3)13-28-9-6-18-19(30(18)28)10-16-11-20-21(38-15-37-20)12-17(16)24(25)28/h11-12,18-19,22,24-25,33-34H,5-10,13-15H2,1-4H3/t18-,19+,22-,24+,25+,28-,29+,30?/m0/s1. The Morgan fingerprint density at radius 1 is 1.13 bits per heavy atom. The predicted octanol–water partition coefficient (Wildman–Crippen LogP) is 2.21. The van der Waals surface area contributed by atoms with Crippen LogP contribution in [0.15, 0.2) is 12.1 Å². The van der Waals surface area contributed by atoms with Crippen LogP contribution < -0.4 is 9.47 Å². The molecule has 2 N–H and O–H groups in total. The van der Waals surface area contributed by atoms with Crippen LogP contribution >= 0.6 is 0 Å². The van der Waals surface area contributed by atoms with Crippen molar-refractivity contribution in [1.29, 1.82) is 0 Å². The summed E-state index contributed by atoms with van der Waals surface area (Å²) in [6, 6.07) is 5.05. The van der Waals surface area contributed by atoms with Crippen molar-refractivity contribution < 1.29 is 43.5 Å². The summed E-state index contributed by atoms with van der Waals surface area (Å²) in [6.07, 6.45) is 2.71. The van der Waals surface area contributed by atoms with Crippen LogP contribution in [0, 0.1) is 0 Å². The fraction of sp³-hybridized carbons (Fsp3) is 0.724. The number of carbonyl (C=O) groups excluding carboxylic acids is 2. The van der Waals surface area contributed by atoms with Crippen LogP contribution in [0.4, 0.5) is 0 Å². The zero-order valence-corrected chi connectivity index (χ0v) is 23.1. The Hall–Kier alpha value is -2.40. The number of ether oxygens (including phenoxy) is 5. The highest BCUT2D eigenvalue weighted by Crippen LogP contribution is 2.65. The molecule has 2 saturated heterocycles. The summed E-state index contributed by atoms with van der Waals surface area (Å²) in [5, 5.41) is 21.7. The summed E-state index contributed by atoms with van der Waals surface area (Å²) < 4.78 is 28.4. The van der Waals surface area contributed by atoms with Crippen molar-refractivity contribution in [3.05, 3.63) is 23.3 Å². The molecular weight excluding hydrogens is 506 g/mol. The lowest BCUT2D eigenvalue weighted by Gasteiger charge is -2.37. The number of carbonyl (C=O) groups is 2. The van der Waals surface area contributed by atoms with Gasteiger partial charge in [0.15, 0.2) is 17.1 Å². The van der Waals surface area contributed by atoms with Gasteiger partial charge >= 0.3 is 11.9 Å². The molecule has 1 aromatic rings. The first-order valence-corrected chi connectivity index (χ1v) is 14.0. The van der Waals surface area contributed by atoms with Crippen molar-refractivity contribution in [3.63, 3.8) is 0 Å². The Kier molecular flexibility index (Phi) is 6.41. The van der Waals surface area contributed by atoms with E-state index in [4.69, 9.17) is 23.7 Å². The molecule has 1 unspecified atom stereocenters. The zero-order valence-electron chi connectivity index (χ0n) is 23.1. The van der Waals surface area contributed by atoms with E-state index in [2.05, 4.69) is 11.0 Å². The molecule has 8 atom stereocenters. The van der Waals surface area contributed by atoms with Gasteiger partial charge in [0, 0.05) is 30.7 Å². The Labute approximate surface area is 228 Å². The van der Waals surface area contributed by atoms with Gasteiger partial charge in [-0.1, -0.05) is 0 Å². The summed E-state index contributed by atoms with van der Waals surface area (Å²) in [4.78, 5) is 28.6. The molecule has 0 radical (unpaired) electrons. The molecule has 214 valence electrons. The molecule has 39 heavy (non-hydrogen) atoms. The molecular formula is C29H39NO9. The van der Waals surface area contributed by atoms with Gasteiger partial charge in [-0.05, 0) is 82.1 Å². The van der Waals surface area contributed by atoms with Gasteiger partial charge in [-0.25, -0.2) is 4.79 Å². The maximum Gasteiger partial charge on any atom is 0.339 e. The quantitative estimate of drug-likeness (QED) is 0.353. The second-order valence-electron chi connectivity index (χ2n) is 12.6. The number of hydrogen-bond donors (Lipinski definition) is 2. The summed E-state index contributed by atoms with van der Waals surface area (Å²) in [5.41, 5.74) is -1.04. The van der Waals surface area contributed by atoms with Gasteiger partial charge in [-0.3, -0.25) is 9.69 Å². The first kappa shape index (κ1) is 26.8. The average Bonchev–Trinajstić information content (AvgIpc) is 3.16. The van der Waals surface area contributed by atoms with Gasteiger partial charge in [-0.2, -0.15) is 0 Å². The minimum Gasteiger partial charge on any atom is -0.469 e. The Morgan fingerprint density at radius 2 is 1.87 bits per heavy atom. The fourth-order valence-corrected chi connectivity index (χ4v) is 7.86. The molecule has 3 fully saturated rings. The van der Waals surface area contributed by atoms with Crippen LogP contribution in [0.1, 0.15) is 75.8 Å². The topological polar surface area (TPSA) is 124 Å². The molecule has 6 rings (SSSR count). The summed E-state index contributed by atoms with van der Waals surface area (Å²) in [5.74, 6) is -0.340. The number of piperidine rings is 1. The number of esters is 2. The van der Waals surface area contributed by atoms with Crippen molar-refractivity contribution in [2.24, 2.45) is 0 Å². The van der Waals surface area contributed by atoms with E-state index in [0.29, 0.717) is 37.1 Å². The molecule has 10 nitrogen and oxygen atoms in total. The van der Waals surface area contributed by atoms with Crippen LogP contribution in [-0.2, 0) is 30.2 Å². The first-order valence-electron chi connectivity index (χ1n) is 14.0. The number of methoxy groups -OCH3 is 2. The summed E-state index contributed by atoms with van der Waals surface area (Å²) in [6.45, 7) is 3.50. The number of aliphatic hydroxyl groups is 2. The molecule has 1 saturated carbocycles. The molecule has 0 amide bonds. The third-order valence-electron chi connectivity index (χ3n) is 9.65. The minimum atomic E-state index is -2.09. The van der Waals surface area contributed by atoms with E-state index < -0.39 is 35.7 Å². The van der Waals surface area contributed by atoms with Gasteiger partial charge in [0.05, 0.1) is 25.2 Å². The second-order valence-corrected chi connectivity index (χ2v) is 12.6. The second kappa shape index (κ2) is 9.33. The molecule has 5 aliphatic rings. The zero-order chi connectivity index (χ0) is 27.7. The normalized spacial score (nSPS) is 34.8. The van der Waals surface area contributed by atoms with E-state index in [-0.39, 0.29) is 30.8 Å². The third kappa shape index (κ3) is 4.40. The fourth-order valence-electron chi connectivity index (χ4n) is 7.86. The lowest BCUT2D eigenvalue weighted by molar-refractivity contribution is -0.182. The largest absolute Gasteiger partial charge is 0.469 e. The number of fused-ring (bicyclic) bond motifs is 4. The van der Waals surface area contributed by atoms with E-state index in [1.807, 2.05) is 6.07 Å². The highest BCUT2D eigenvalue weighted by atomic mass is 16.7. The number of benzene rings is 1. The van der Waals surface area contributed by atoms with Crippen molar-refractivity contribution in [2.45, 2.75) is 112 Å². The van der Waals surface area contributed by atoms with Crippen molar-refractivity contribution in [1.82, 2.24) is 4.90 Å². The summed E-state index contributed by atoms with van der Waals surface area (Å²) >= 11 is 0. The smallest absolute Gasteiger partial charge is 0.339 e. The average molecular weight is 546 g/mol. The van der Waals surface area contributed by atoms with Crippen molar-refractivity contribution in [3.8, 4) is 11.5 Å². The van der Waals surface area contributed by atoms with Crippen LogP contribution in [0.25, 0.3) is 0 Å². The van der Waals surface area contributed by atoms with Crippen LogP contribution in [-0.4, -0.2) is 89.1 Å². The molecule has 0 bridgehead atoms. The van der Waals surface area contributed by atoms with E-state index in [0.717, 1.165) is 30.6 Å². The molecule has 1 aliphatic carbocycles. The van der Waals surface area contributed by atoms with Crippen LogP contribution in [0.3, 0.4) is 0 Å². The summed E-state index contributed by atoms with van der Waals surface area (Å²) in [7, 11) is 2.85. The van der Waals surface area contributed by atoms with Gasteiger partial charge in [0.25, 0.3) is 0 Å². The monoisotopic (exact) mass is 545 g/mol. The lowest BCUT2D eigenvalue weighted by Crippen LogP contribution is -2.47. The van der Waals surface area contributed by atoms with Crippen molar-refractivity contribution in [2.75, 3.05) is 21.0 Å². The molecule has 10 heteroatoms. The SMILES string of the molecule is COC(=O)C[C@](O)(CCCC(C)(C)O)C(=O)O[C@@H]1[C@@H](OC)C[C@@]23CC[C@H]4[C@@H](Cc5cc6c(cc5[C@H]12)OCO6)N43. The van der Waals surface area contributed by atoms with E-state index >= 15 is 0 Å². The van der Waals surface area contributed by atoms with Gasteiger partial charge < -0.3 is 33.9 Å². The lowest BCUT2D eigenvalue weighted by atomic mass is 9.78. The maximum atomic E-state index is 13.8. The van der Waals surface area contributed by atoms with Crippen LogP contribution in [0.5, 0.6) is 11.5 Å². The van der Waals surface area contributed by atoms with E-state index in [1.54, 1.807) is 21.0 Å². The Balaban J connectivity index is 1.34. The van der Waals surface area contributed by atoms with Gasteiger partial charge in [-0.15, -0.1) is 0 Å². The van der Waals surface area contributed by atoms with Crippen molar-refractivity contribution >= 4 is 11.9 Å². The third-order valence-corrected chi connectivity index (χ3v) is 9.65. The molecule has 1 spiro atoms. The molecule has 0 aromatic heterocycles. The van der Waals surface area contributed by atoms with Gasteiger partial charge in [0.2, 0.25) is 6.79 Å². The number of hydrogen-bond acceptors (Lipinski definition) is 10. The Bertz CT molecular complexity index is 1160. The highest BCUT2D eigenvalue weighted by Gasteiger charge is 2.72. The minimum absolute atomic E-state index is 0.0450. The molecule has 1 aromatic carbocycles. The number of rotatable bonds is 9.